The summed E-state index contributed by atoms with van der Waals surface area (Å²) in [6, 6.07) is 0. The molecule has 1 atom stereocenters. The van der Waals surface area contributed by atoms with Crippen LogP contribution in [0.2, 0.25) is 0 Å². The first kappa shape index (κ1) is 6.99. The summed E-state index contributed by atoms with van der Waals surface area (Å²) in [6.45, 7) is 3.04. The first-order chi connectivity index (χ1) is 4.43. The van der Waals surface area contributed by atoms with Crippen molar-refractivity contribution in [2.45, 2.75) is 0 Å². The molecule has 1 aliphatic rings. The Morgan fingerprint density at radius 1 is 1.78 bits per heavy atom. The van der Waals surface area contributed by atoms with E-state index in [1.807, 2.05) is 0 Å². The van der Waals surface area contributed by atoms with Gasteiger partial charge >= 0.3 is 0 Å². The van der Waals surface area contributed by atoms with Crippen LogP contribution in [0.4, 0.5) is 0 Å². The van der Waals surface area contributed by atoms with E-state index in [-0.39, 0.29) is 0 Å². The molecule has 0 saturated carbocycles. The van der Waals surface area contributed by atoms with E-state index in [0.29, 0.717) is 12.6 Å². The highest BCUT2D eigenvalue weighted by Crippen LogP contribution is 2.01. The minimum absolute atomic E-state index is 0.490. The zero-order valence-electron chi connectivity index (χ0n) is 5.67. The molecule has 0 aromatic carbocycles. The van der Waals surface area contributed by atoms with Gasteiger partial charge in [-0.25, -0.2) is 5.32 Å². The van der Waals surface area contributed by atoms with E-state index >= 15 is 0 Å². The standard InChI is InChI=1S/C6H12NO2/c1-8-3-6-2-7-5-9-4-6/h6H,2-5H2,1H3. The molecule has 1 fully saturated rings. The Labute approximate surface area is 55.3 Å². The number of methoxy groups -OCH3 is 1. The molecule has 0 amide bonds. The van der Waals surface area contributed by atoms with Crippen LogP contribution in [0, 0.1) is 5.92 Å². The number of ether oxygens (including phenoxy) is 2. The summed E-state index contributed by atoms with van der Waals surface area (Å²) in [4.78, 5) is 0. The van der Waals surface area contributed by atoms with Crippen LogP contribution in [0.1, 0.15) is 0 Å². The first-order valence-electron chi connectivity index (χ1n) is 3.13. The molecule has 1 rings (SSSR count). The van der Waals surface area contributed by atoms with Crippen molar-refractivity contribution >= 4 is 0 Å². The van der Waals surface area contributed by atoms with Gasteiger partial charge in [-0.2, -0.15) is 0 Å². The van der Waals surface area contributed by atoms with E-state index in [0.717, 1.165) is 19.8 Å². The molecule has 53 valence electrons. The summed E-state index contributed by atoms with van der Waals surface area (Å²) in [6.07, 6.45) is 0. The average molecular weight is 130 g/mol. The summed E-state index contributed by atoms with van der Waals surface area (Å²) in [5, 5.41) is 4.07. The van der Waals surface area contributed by atoms with Crippen molar-refractivity contribution in [3.63, 3.8) is 0 Å². The van der Waals surface area contributed by atoms with Gasteiger partial charge in [-0.15, -0.1) is 0 Å². The van der Waals surface area contributed by atoms with E-state index in [4.69, 9.17) is 9.47 Å². The summed E-state index contributed by atoms with van der Waals surface area (Å²) in [7, 11) is 1.70. The molecular formula is C6H12NO2. The van der Waals surface area contributed by atoms with E-state index in [2.05, 4.69) is 5.32 Å². The molecule has 0 aliphatic carbocycles. The maximum atomic E-state index is 5.09. The lowest BCUT2D eigenvalue weighted by Gasteiger charge is -2.20. The maximum Gasteiger partial charge on any atom is 0.112 e. The summed E-state index contributed by atoms with van der Waals surface area (Å²) in [5.74, 6) is 0.490. The van der Waals surface area contributed by atoms with Crippen LogP contribution in [0.5, 0.6) is 0 Å². The van der Waals surface area contributed by atoms with Gasteiger partial charge in [-0.05, 0) is 0 Å². The average Bonchev–Trinajstić information content (AvgIpc) is 1.91. The minimum Gasteiger partial charge on any atom is -0.384 e. The normalized spacial score (nSPS) is 28.3. The number of hydrogen-bond acceptors (Lipinski definition) is 2. The largest absolute Gasteiger partial charge is 0.384 e. The Morgan fingerprint density at radius 2 is 2.67 bits per heavy atom. The maximum absolute atomic E-state index is 5.09. The first-order valence-corrected chi connectivity index (χ1v) is 3.13. The van der Waals surface area contributed by atoms with E-state index in [1.165, 1.54) is 0 Å². The van der Waals surface area contributed by atoms with Crippen LogP contribution >= 0.6 is 0 Å². The second-order valence-electron chi connectivity index (χ2n) is 2.23. The smallest absolute Gasteiger partial charge is 0.112 e. The minimum atomic E-state index is 0.490. The highest BCUT2D eigenvalue weighted by atomic mass is 16.5. The molecular weight excluding hydrogens is 118 g/mol. The predicted molar refractivity (Wildman–Crippen MR) is 33.2 cm³/mol. The third kappa shape index (κ3) is 2.30. The van der Waals surface area contributed by atoms with Crippen molar-refractivity contribution in [3.8, 4) is 0 Å². The van der Waals surface area contributed by atoms with Gasteiger partial charge < -0.3 is 9.47 Å². The lowest BCUT2D eigenvalue weighted by molar-refractivity contribution is 0.0116. The van der Waals surface area contributed by atoms with Crippen molar-refractivity contribution in [2.24, 2.45) is 5.92 Å². The molecule has 0 aromatic heterocycles. The zero-order chi connectivity index (χ0) is 6.53. The molecule has 3 nitrogen and oxygen atoms in total. The second-order valence-corrected chi connectivity index (χ2v) is 2.23. The lowest BCUT2D eigenvalue weighted by Crippen LogP contribution is -2.32. The van der Waals surface area contributed by atoms with Crippen LogP contribution < -0.4 is 5.32 Å². The van der Waals surface area contributed by atoms with Crippen molar-refractivity contribution in [3.05, 3.63) is 0 Å². The predicted octanol–water partition coefficient (Wildman–Crippen LogP) is -0.159. The van der Waals surface area contributed by atoms with Gasteiger partial charge in [0.15, 0.2) is 0 Å². The van der Waals surface area contributed by atoms with E-state index < -0.39 is 0 Å². The Balaban J connectivity index is 2.08. The fourth-order valence-electron chi connectivity index (χ4n) is 0.908. The SMILES string of the molecule is COCC1C[N]COC1. The molecule has 0 aromatic rings. The van der Waals surface area contributed by atoms with Crippen LogP contribution in [0.3, 0.4) is 0 Å². The summed E-state index contributed by atoms with van der Waals surface area (Å²) < 4.78 is 10.0. The van der Waals surface area contributed by atoms with Gasteiger partial charge in [0, 0.05) is 19.6 Å². The Morgan fingerprint density at radius 3 is 3.22 bits per heavy atom. The molecule has 0 bridgehead atoms. The number of rotatable bonds is 2. The van der Waals surface area contributed by atoms with Gasteiger partial charge in [-0.1, -0.05) is 0 Å². The Bertz CT molecular complexity index is 68.7. The van der Waals surface area contributed by atoms with Crippen molar-refractivity contribution in [1.82, 2.24) is 5.32 Å². The summed E-state index contributed by atoms with van der Waals surface area (Å²) in [5.41, 5.74) is 0. The van der Waals surface area contributed by atoms with Crippen LogP contribution in [0.15, 0.2) is 0 Å². The van der Waals surface area contributed by atoms with Crippen molar-refractivity contribution in [2.75, 3.05) is 33.6 Å². The molecule has 3 heteroatoms. The van der Waals surface area contributed by atoms with Crippen LogP contribution in [0.25, 0.3) is 0 Å². The van der Waals surface area contributed by atoms with Crippen LogP contribution in [-0.2, 0) is 9.47 Å². The van der Waals surface area contributed by atoms with E-state index in [9.17, 15) is 0 Å². The molecule has 1 unspecified atom stereocenters. The molecule has 1 radical (unpaired) electrons. The Kier molecular flexibility index (Phi) is 2.97. The number of hydrogen-bond donors (Lipinski definition) is 0. The highest BCUT2D eigenvalue weighted by Gasteiger charge is 2.12. The fourth-order valence-corrected chi connectivity index (χ4v) is 0.908. The number of nitrogens with zero attached hydrogens (tertiary/aromatic N) is 1. The van der Waals surface area contributed by atoms with Gasteiger partial charge in [0.1, 0.15) is 6.73 Å². The topological polar surface area (TPSA) is 32.6 Å². The molecule has 0 spiro atoms. The van der Waals surface area contributed by atoms with Gasteiger partial charge in [0.2, 0.25) is 0 Å². The molecule has 1 aliphatic heterocycles. The third-order valence-electron chi connectivity index (χ3n) is 1.33. The van der Waals surface area contributed by atoms with Gasteiger partial charge in [0.05, 0.1) is 13.2 Å². The second kappa shape index (κ2) is 3.82. The van der Waals surface area contributed by atoms with Crippen LogP contribution in [-0.4, -0.2) is 33.6 Å². The highest BCUT2D eigenvalue weighted by molar-refractivity contribution is 4.62. The summed E-state index contributed by atoms with van der Waals surface area (Å²) >= 11 is 0. The monoisotopic (exact) mass is 130 g/mol. The van der Waals surface area contributed by atoms with Gasteiger partial charge in [0.25, 0.3) is 0 Å². The molecule has 9 heavy (non-hydrogen) atoms. The molecule has 1 saturated heterocycles. The molecule has 0 N–H and O–H groups in total. The quantitative estimate of drug-likeness (QED) is 0.520. The zero-order valence-corrected chi connectivity index (χ0v) is 5.67. The van der Waals surface area contributed by atoms with Crippen molar-refractivity contribution < 1.29 is 9.47 Å². The Hall–Kier alpha value is -0.120. The fraction of sp³-hybridized carbons (Fsp3) is 1.00. The van der Waals surface area contributed by atoms with Gasteiger partial charge in [-0.3, -0.25) is 0 Å². The third-order valence-corrected chi connectivity index (χ3v) is 1.33. The van der Waals surface area contributed by atoms with Crippen molar-refractivity contribution in [1.29, 1.82) is 0 Å². The van der Waals surface area contributed by atoms with E-state index in [1.54, 1.807) is 7.11 Å². The lowest BCUT2D eigenvalue weighted by atomic mass is 10.1. The molecule has 1 heterocycles.